The molecule has 0 saturated carbocycles. The molecule has 2 aromatic rings. The zero-order valence-electron chi connectivity index (χ0n) is 11.2. The van der Waals surface area contributed by atoms with Crippen LogP contribution in [-0.2, 0) is 0 Å². The maximum absolute atomic E-state index is 10.0. The molecule has 0 fully saturated rings. The third-order valence-electron chi connectivity index (χ3n) is 3.24. The minimum atomic E-state index is -0.528. The molecule has 1 aliphatic heterocycles. The van der Waals surface area contributed by atoms with Crippen LogP contribution in [0.2, 0.25) is 0 Å². The molecule has 0 radical (unpaired) electrons. The highest BCUT2D eigenvalue weighted by Gasteiger charge is 2.16. The van der Waals surface area contributed by atoms with Crippen molar-refractivity contribution >= 4 is 0 Å². The molecule has 1 heterocycles. The van der Waals surface area contributed by atoms with E-state index in [0.29, 0.717) is 23.7 Å². The summed E-state index contributed by atoms with van der Waals surface area (Å²) in [5.74, 6) is 2.71. The Balaban J connectivity index is 1.88. The molecule has 1 N–H and O–H groups in total. The Labute approximate surface area is 117 Å². The van der Waals surface area contributed by atoms with Crippen molar-refractivity contribution in [3.05, 3.63) is 48.0 Å². The number of rotatable bonds is 4. The maximum Gasteiger partial charge on any atom is 0.231 e. The number of aliphatic hydroxyl groups is 1. The maximum atomic E-state index is 10.0. The first-order chi connectivity index (χ1) is 9.78. The monoisotopic (exact) mass is 272 g/mol. The molecule has 0 amide bonds. The average Bonchev–Trinajstić information content (AvgIpc) is 2.94. The van der Waals surface area contributed by atoms with Crippen molar-refractivity contribution < 1.29 is 19.3 Å². The standard InChI is InChI=1S/C16H16O4/c1-2-13(17)12-5-3-4-6-14(12)20-11-7-8-15-16(9-11)19-10-18-15/h3-9,13,17H,2,10H2,1H3/t13-/m1/s1. The molecule has 4 heteroatoms. The van der Waals surface area contributed by atoms with Crippen LogP contribution in [0.15, 0.2) is 42.5 Å². The van der Waals surface area contributed by atoms with E-state index in [9.17, 15) is 5.11 Å². The van der Waals surface area contributed by atoms with Gasteiger partial charge in [0.2, 0.25) is 6.79 Å². The number of hydrogen-bond acceptors (Lipinski definition) is 4. The predicted molar refractivity (Wildman–Crippen MR) is 74.3 cm³/mol. The first-order valence-corrected chi connectivity index (χ1v) is 6.62. The second kappa shape index (κ2) is 5.43. The van der Waals surface area contributed by atoms with Gasteiger partial charge in [0.05, 0.1) is 6.10 Å². The van der Waals surface area contributed by atoms with Gasteiger partial charge < -0.3 is 19.3 Å². The predicted octanol–water partition coefficient (Wildman–Crippen LogP) is 3.65. The van der Waals surface area contributed by atoms with Gasteiger partial charge in [0.15, 0.2) is 11.5 Å². The van der Waals surface area contributed by atoms with E-state index in [0.717, 1.165) is 11.3 Å². The molecule has 104 valence electrons. The fourth-order valence-electron chi connectivity index (χ4n) is 2.14. The molecule has 0 unspecified atom stereocenters. The lowest BCUT2D eigenvalue weighted by molar-refractivity contribution is 0.170. The van der Waals surface area contributed by atoms with Gasteiger partial charge in [0.1, 0.15) is 11.5 Å². The SMILES string of the molecule is CC[C@@H](O)c1ccccc1Oc1ccc2c(c1)OCO2. The molecule has 0 saturated heterocycles. The lowest BCUT2D eigenvalue weighted by Gasteiger charge is -2.14. The molecular weight excluding hydrogens is 256 g/mol. The Bertz CT molecular complexity index is 609. The van der Waals surface area contributed by atoms with E-state index in [4.69, 9.17) is 14.2 Å². The highest BCUT2D eigenvalue weighted by molar-refractivity contribution is 5.48. The third-order valence-corrected chi connectivity index (χ3v) is 3.24. The Morgan fingerprint density at radius 3 is 2.80 bits per heavy atom. The van der Waals surface area contributed by atoms with Gasteiger partial charge in [-0.25, -0.2) is 0 Å². The van der Waals surface area contributed by atoms with E-state index >= 15 is 0 Å². The van der Waals surface area contributed by atoms with Crippen LogP contribution in [-0.4, -0.2) is 11.9 Å². The van der Waals surface area contributed by atoms with Crippen molar-refractivity contribution in [3.8, 4) is 23.0 Å². The number of aliphatic hydroxyl groups excluding tert-OH is 1. The van der Waals surface area contributed by atoms with Gasteiger partial charge in [-0.1, -0.05) is 25.1 Å². The molecule has 0 bridgehead atoms. The lowest BCUT2D eigenvalue weighted by Crippen LogP contribution is -1.98. The van der Waals surface area contributed by atoms with Crippen LogP contribution in [0.4, 0.5) is 0 Å². The van der Waals surface area contributed by atoms with Crippen LogP contribution in [0.1, 0.15) is 25.0 Å². The van der Waals surface area contributed by atoms with E-state index < -0.39 is 6.10 Å². The summed E-state index contributed by atoms with van der Waals surface area (Å²) < 4.78 is 16.5. The highest BCUT2D eigenvalue weighted by atomic mass is 16.7. The molecule has 2 aromatic carbocycles. The second-order valence-electron chi connectivity index (χ2n) is 4.58. The summed E-state index contributed by atoms with van der Waals surface area (Å²) in [6.45, 7) is 2.17. The normalized spacial score (nSPS) is 14.1. The number of fused-ring (bicyclic) bond motifs is 1. The van der Waals surface area contributed by atoms with Gasteiger partial charge in [-0.05, 0) is 24.6 Å². The van der Waals surface area contributed by atoms with E-state index in [-0.39, 0.29) is 6.79 Å². The molecular formula is C16H16O4. The minimum Gasteiger partial charge on any atom is -0.457 e. The van der Waals surface area contributed by atoms with Gasteiger partial charge in [0, 0.05) is 11.6 Å². The zero-order valence-corrected chi connectivity index (χ0v) is 11.2. The topological polar surface area (TPSA) is 47.9 Å². The summed E-state index contributed by atoms with van der Waals surface area (Å²) in [6.07, 6.45) is 0.113. The van der Waals surface area contributed by atoms with E-state index in [1.165, 1.54) is 0 Å². The van der Waals surface area contributed by atoms with E-state index in [1.54, 1.807) is 6.07 Å². The Morgan fingerprint density at radius 2 is 1.95 bits per heavy atom. The van der Waals surface area contributed by atoms with Gasteiger partial charge in [-0.2, -0.15) is 0 Å². The van der Waals surface area contributed by atoms with Crippen molar-refractivity contribution in [1.82, 2.24) is 0 Å². The van der Waals surface area contributed by atoms with Crippen LogP contribution < -0.4 is 14.2 Å². The molecule has 4 nitrogen and oxygen atoms in total. The smallest absolute Gasteiger partial charge is 0.231 e. The minimum absolute atomic E-state index is 0.240. The van der Waals surface area contributed by atoms with Crippen molar-refractivity contribution in [2.75, 3.05) is 6.79 Å². The first-order valence-electron chi connectivity index (χ1n) is 6.62. The highest BCUT2D eigenvalue weighted by Crippen LogP contribution is 2.38. The molecule has 0 spiro atoms. The van der Waals surface area contributed by atoms with Gasteiger partial charge in [-0.15, -0.1) is 0 Å². The van der Waals surface area contributed by atoms with Crippen LogP contribution in [0.5, 0.6) is 23.0 Å². The van der Waals surface area contributed by atoms with Gasteiger partial charge in [0.25, 0.3) is 0 Å². The summed E-state index contributed by atoms with van der Waals surface area (Å²) in [5.41, 5.74) is 0.785. The second-order valence-corrected chi connectivity index (χ2v) is 4.58. The quantitative estimate of drug-likeness (QED) is 0.922. The van der Waals surface area contributed by atoms with Gasteiger partial charge in [-0.3, -0.25) is 0 Å². The number of benzene rings is 2. The lowest BCUT2D eigenvalue weighted by atomic mass is 10.1. The number of ether oxygens (including phenoxy) is 3. The largest absolute Gasteiger partial charge is 0.457 e. The van der Waals surface area contributed by atoms with Crippen molar-refractivity contribution in [2.45, 2.75) is 19.4 Å². The summed E-state index contributed by atoms with van der Waals surface area (Å²) in [4.78, 5) is 0. The zero-order chi connectivity index (χ0) is 13.9. The fourth-order valence-corrected chi connectivity index (χ4v) is 2.14. The Kier molecular flexibility index (Phi) is 3.48. The summed E-state index contributed by atoms with van der Waals surface area (Å²) in [7, 11) is 0. The molecule has 1 aliphatic rings. The number of para-hydroxylation sites is 1. The van der Waals surface area contributed by atoms with Crippen LogP contribution in [0.3, 0.4) is 0 Å². The van der Waals surface area contributed by atoms with E-state index in [1.807, 2.05) is 43.3 Å². The average molecular weight is 272 g/mol. The summed E-state index contributed by atoms with van der Waals surface area (Å²) in [5, 5.41) is 10.0. The Morgan fingerprint density at radius 1 is 1.15 bits per heavy atom. The summed E-state index contributed by atoms with van der Waals surface area (Å²) >= 11 is 0. The molecule has 20 heavy (non-hydrogen) atoms. The third kappa shape index (κ3) is 2.42. The van der Waals surface area contributed by atoms with Crippen molar-refractivity contribution in [2.24, 2.45) is 0 Å². The van der Waals surface area contributed by atoms with Crippen LogP contribution in [0.25, 0.3) is 0 Å². The van der Waals surface area contributed by atoms with Crippen LogP contribution >= 0.6 is 0 Å². The van der Waals surface area contributed by atoms with Crippen LogP contribution in [0, 0.1) is 0 Å². The molecule has 0 aromatic heterocycles. The van der Waals surface area contributed by atoms with Gasteiger partial charge >= 0.3 is 0 Å². The Hall–Kier alpha value is -2.20. The van der Waals surface area contributed by atoms with Crippen molar-refractivity contribution in [1.29, 1.82) is 0 Å². The molecule has 1 atom stereocenters. The first kappa shape index (κ1) is 12.8. The molecule has 0 aliphatic carbocycles. The molecule has 3 rings (SSSR count). The fraction of sp³-hybridized carbons (Fsp3) is 0.250. The van der Waals surface area contributed by atoms with E-state index in [2.05, 4.69) is 0 Å². The number of hydrogen-bond donors (Lipinski definition) is 1. The summed E-state index contributed by atoms with van der Waals surface area (Å²) in [6, 6.07) is 12.9. The van der Waals surface area contributed by atoms with Crippen molar-refractivity contribution in [3.63, 3.8) is 0 Å².